The number of phenols is 2. The summed E-state index contributed by atoms with van der Waals surface area (Å²) in [7, 11) is 3.10. The molecule has 0 heterocycles. The van der Waals surface area contributed by atoms with Crippen molar-refractivity contribution in [1.29, 1.82) is 0 Å². The maximum absolute atomic E-state index is 9.90. The number of phenolic OH excluding ortho intramolecular Hbond substituents is 2. The van der Waals surface area contributed by atoms with Gasteiger partial charge in [0.1, 0.15) is 0 Å². The monoisotopic (exact) mass is 330 g/mol. The van der Waals surface area contributed by atoms with Crippen LogP contribution in [0.4, 0.5) is 0 Å². The van der Waals surface area contributed by atoms with Crippen LogP contribution in [0.3, 0.4) is 0 Å². The standard InChI is InChI=1S/C20H26O4/c1-13(9-15-6-8-19(23-3)18(22)11-15)14(2)10-16-5-7-17(21)20(12-16)24-4/h5-8,11-14,21-22H,9-10H2,1-4H3/t13-,14+/m1/s1. The Morgan fingerprint density at radius 2 is 1.29 bits per heavy atom. The van der Waals surface area contributed by atoms with Crippen LogP contribution in [0.1, 0.15) is 25.0 Å². The van der Waals surface area contributed by atoms with Crippen molar-refractivity contribution in [2.24, 2.45) is 11.8 Å². The molecule has 0 bridgehead atoms. The second-order valence-electron chi connectivity index (χ2n) is 6.38. The van der Waals surface area contributed by atoms with Crippen LogP contribution >= 0.6 is 0 Å². The van der Waals surface area contributed by atoms with E-state index in [2.05, 4.69) is 13.8 Å². The summed E-state index contributed by atoms with van der Waals surface area (Å²) in [5, 5.41) is 19.6. The Labute approximate surface area is 143 Å². The molecule has 0 fully saturated rings. The van der Waals surface area contributed by atoms with Gasteiger partial charge in [-0.2, -0.15) is 0 Å². The first-order chi connectivity index (χ1) is 11.4. The van der Waals surface area contributed by atoms with Crippen LogP contribution in [0.15, 0.2) is 36.4 Å². The van der Waals surface area contributed by atoms with Crippen molar-refractivity contribution in [2.45, 2.75) is 26.7 Å². The van der Waals surface area contributed by atoms with Gasteiger partial charge in [-0.1, -0.05) is 26.0 Å². The van der Waals surface area contributed by atoms with Crippen LogP contribution in [0.5, 0.6) is 23.0 Å². The molecule has 0 radical (unpaired) electrons. The molecule has 0 saturated carbocycles. The summed E-state index contributed by atoms with van der Waals surface area (Å²) in [6, 6.07) is 11.1. The van der Waals surface area contributed by atoms with Crippen LogP contribution in [0.2, 0.25) is 0 Å². The Morgan fingerprint density at radius 3 is 1.83 bits per heavy atom. The topological polar surface area (TPSA) is 58.9 Å². The van der Waals surface area contributed by atoms with Crippen LogP contribution in [0.25, 0.3) is 0 Å². The number of hydrogen-bond donors (Lipinski definition) is 2. The molecule has 2 N–H and O–H groups in total. The number of aromatic hydroxyl groups is 2. The third-order valence-electron chi connectivity index (χ3n) is 4.57. The summed E-state index contributed by atoms with van der Waals surface area (Å²) >= 11 is 0. The zero-order valence-corrected chi connectivity index (χ0v) is 14.7. The van der Waals surface area contributed by atoms with Gasteiger partial charge in [0.2, 0.25) is 0 Å². The normalized spacial score (nSPS) is 13.3. The van der Waals surface area contributed by atoms with E-state index < -0.39 is 0 Å². The molecule has 0 amide bonds. The second-order valence-corrected chi connectivity index (χ2v) is 6.38. The Kier molecular flexibility index (Phi) is 5.96. The van der Waals surface area contributed by atoms with E-state index in [-0.39, 0.29) is 11.5 Å². The third kappa shape index (κ3) is 4.34. The van der Waals surface area contributed by atoms with Gasteiger partial charge < -0.3 is 19.7 Å². The van der Waals surface area contributed by atoms with Crippen LogP contribution in [0, 0.1) is 11.8 Å². The molecule has 0 aliphatic rings. The lowest BCUT2D eigenvalue weighted by atomic mass is 9.85. The third-order valence-corrected chi connectivity index (χ3v) is 4.57. The molecule has 2 atom stereocenters. The van der Waals surface area contributed by atoms with Gasteiger partial charge in [0, 0.05) is 0 Å². The molecule has 24 heavy (non-hydrogen) atoms. The zero-order valence-electron chi connectivity index (χ0n) is 14.7. The number of rotatable bonds is 7. The predicted molar refractivity (Wildman–Crippen MR) is 95.1 cm³/mol. The average Bonchev–Trinajstić information content (AvgIpc) is 2.56. The lowest BCUT2D eigenvalue weighted by Crippen LogP contribution is -2.13. The highest BCUT2D eigenvalue weighted by atomic mass is 16.5. The quantitative estimate of drug-likeness (QED) is 0.800. The van der Waals surface area contributed by atoms with Crippen LogP contribution < -0.4 is 9.47 Å². The summed E-state index contributed by atoms with van der Waals surface area (Å²) in [6.07, 6.45) is 1.79. The van der Waals surface area contributed by atoms with E-state index in [1.807, 2.05) is 18.2 Å². The van der Waals surface area contributed by atoms with Gasteiger partial charge in [-0.05, 0) is 60.1 Å². The summed E-state index contributed by atoms with van der Waals surface area (Å²) < 4.78 is 10.2. The van der Waals surface area contributed by atoms with Crippen molar-refractivity contribution in [2.75, 3.05) is 14.2 Å². The largest absolute Gasteiger partial charge is 0.504 e. The van der Waals surface area contributed by atoms with Crippen molar-refractivity contribution >= 4 is 0 Å². The van der Waals surface area contributed by atoms with Crippen molar-refractivity contribution in [3.63, 3.8) is 0 Å². The number of ether oxygens (including phenoxy) is 2. The first kappa shape index (κ1) is 18.0. The van der Waals surface area contributed by atoms with Gasteiger partial charge in [-0.15, -0.1) is 0 Å². The number of hydrogen-bond acceptors (Lipinski definition) is 4. The zero-order chi connectivity index (χ0) is 17.7. The van der Waals surface area contributed by atoms with E-state index in [4.69, 9.17) is 9.47 Å². The van der Waals surface area contributed by atoms with Gasteiger partial charge in [-0.3, -0.25) is 0 Å². The average molecular weight is 330 g/mol. The van der Waals surface area contributed by atoms with E-state index in [0.717, 1.165) is 24.0 Å². The predicted octanol–water partition coefficient (Wildman–Crippen LogP) is 4.17. The fourth-order valence-electron chi connectivity index (χ4n) is 2.86. The molecule has 2 rings (SSSR count). The maximum Gasteiger partial charge on any atom is 0.160 e. The maximum atomic E-state index is 9.90. The molecule has 130 valence electrons. The number of benzene rings is 2. The highest BCUT2D eigenvalue weighted by molar-refractivity contribution is 5.42. The van der Waals surface area contributed by atoms with E-state index in [1.54, 1.807) is 32.4 Å². The summed E-state index contributed by atoms with van der Waals surface area (Å²) in [4.78, 5) is 0. The van der Waals surface area contributed by atoms with E-state index >= 15 is 0 Å². The van der Waals surface area contributed by atoms with Crippen molar-refractivity contribution in [1.82, 2.24) is 0 Å². The van der Waals surface area contributed by atoms with Gasteiger partial charge in [0.05, 0.1) is 14.2 Å². The molecule has 0 aromatic heterocycles. The number of methoxy groups -OCH3 is 2. The molecule has 2 aromatic carbocycles. The molecule has 0 aliphatic carbocycles. The minimum Gasteiger partial charge on any atom is -0.504 e. The molecule has 2 aromatic rings. The minimum absolute atomic E-state index is 0.163. The van der Waals surface area contributed by atoms with Crippen LogP contribution in [-0.2, 0) is 12.8 Å². The highest BCUT2D eigenvalue weighted by Gasteiger charge is 2.15. The van der Waals surface area contributed by atoms with Crippen molar-refractivity contribution in [3.05, 3.63) is 47.5 Å². The molecule has 0 aliphatic heterocycles. The molecule has 0 saturated heterocycles. The SMILES string of the molecule is COc1ccc(C[C@@H](C)[C@@H](C)Cc2ccc(O)c(OC)c2)cc1O. The lowest BCUT2D eigenvalue weighted by molar-refractivity contribution is 0.365. The Hall–Kier alpha value is -2.36. The molecular weight excluding hydrogens is 304 g/mol. The summed E-state index contributed by atoms with van der Waals surface area (Å²) in [5.41, 5.74) is 2.23. The first-order valence-electron chi connectivity index (χ1n) is 8.16. The molecule has 0 unspecified atom stereocenters. The summed E-state index contributed by atoms with van der Waals surface area (Å²) in [6.45, 7) is 4.43. The molecular formula is C20H26O4. The Bertz CT molecular complexity index is 681. The van der Waals surface area contributed by atoms with Crippen molar-refractivity contribution < 1.29 is 19.7 Å². The molecule has 4 nitrogen and oxygen atoms in total. The van der Waals surface area contributed by atoms with Gasteiger partial charge >= 0.3 is 0 Å². The minimum atomic E-state index is 0.163. The van der Waals surface area contributed by atoms with E-state index in [0.29, 0.717) is 23.3 Å². The van der Waals surface area contributed by atoms with Gasteiger partial charge in [-0.25, -0.2) is 0 Å². The first-order valence-corrected chi connectivity index (χ1v) is 8.16. The highest BCUT2D eigenvalue weighted by Crippen LogP contribution is 2.31. The Balaban J connectivity index is 2.01. The summed E-state index contributed by atoms with van der Waals surface area (Å²) in [5.74, 6) is 2.23. The molecule has 0 spiro atoms. The fraction of sp³-hybridized carbons (Fsp3) is 0.400. The smallest absolute Gasteiger partial charge is 0.160 e. The van der Waals surface area contributed by atoms with Crippen molar-refractivity contribution in [3.8, 4) is 23.0 Å². The Morgan fingerprint density at radius 1 is 0.750 bits per heavy atom. The van der Waals surface area contributed by atoms with E-state index in [9.17, 15) is 10.2 Å². The molecule has 4 heteroatoms. The van der Waals surface area contributed by atoms with Gasteiger partial charge in [0.15, 0.2) is 23.0 Å². The lowest BCUT2D eigenvalue weighted by Gasteiger charge is -2.21. The van der Waals surface area contributed by atoms with E-state index in [1.165, 1.54) is 0 Å². The second kappa shape index (κ2) is 7.95. The van der Waals surface area contributed by atoms with Crippen LogP contribution in [-0.4, -0.2) is 24.4 Å². The van der Waals surface area contributed by atoms with Gasteiger partial charge in [0.25, 0.3) is 0 Å². The fourth-order valence-corrected chi connectivity index (χ4v) is 2.86.